The highest BCUT2D eigenvalue weighted by Gasteiger charge is 2.16. The summed E-state index contributed by atoms with van der Waals surface area (Å²) in [4.78, 5) is 21.0. The molecule has 0 saturated carbocycles. The normalized spacial score (nSPS) is 10.9. The van der Waals surface area contributed by atoms with Crippen molar-refractivity contribution in [2.24, 2.45) is 0 Å². The fraction of sp³-hybridized carbons (Fsp3) is 0.143. The van der Waals surface area contributed by atoms with Gasteiger partial charge in [0.2, 0.25) is 11.7 Å². The lowest BCUT2D eigenvalue weighted by atomic mass is 10.2. The monoisotopic (exact) mass is 425 g/mol. The van der Waals surface area contributed by atoms with Crippen LogP contribution in [0, 0.1) is 12.7 Å². The lowest BCUT2D eigenvalue weighted by Gasteiger charge is -2.07. The highest BCUT2D eigenvalue weighted by molar-refractivity contribution is 6.30. The number of carbonyl (C=O) groups excluding carboxylic acids is 1. The number of hydrogen-bond acceptors (Lipinski definition) is 5. The number of aromatic nitrogens is 4. The Morgan fingerprint density at radius 2 is 1.87 bits per heavy atom. The first-order valence-corrected chi connectivity index (χ1v) is 9.50. The van der Waals surface area contributed by atoms with E-state index in [0.717, 1.165) is 5.56 Å². The second-order valence-corrected chi connectivity index (χ2v) is 7.07. The van der Waals surface area contributed by atoms with Gasteiger partial charge in [-0.05, 0) is 48.9 Å². The zero-order valence-electron chi connectivity index (χ0n) is 16.0. The van der Waals surface area contributed by atoms with Crippen molar-refractivity contribution in [1.29, 1.82) is 0 Å². The number of nitrogens with zero attached hydrogens (tertiary/aromatic N) is 4. The van der Waals surface area contributed by atoms with Gasteiger partial charge < -0.3 is 14.4 Å². The molecule has 0 spiro atoms. The molecule has 0 radical (unpaired) electrons. The highest BCUT2D eigenvalue weighted by Crippen LogP contribution is 2.22. The number of carbonyl (C=O) groups is 1. The van der Waals surface area contributed by atoms with Crippen molar-refractivity contribution in [2.75, 3.05) is 0 Å². The largest absolute Gasteiger partial charge is 0.350 e. The van der Waals surface area contributed by atoms with Gasteiger partial charge in [-0.25, -0.2) is 9.37 Å². The Hall–Kier alpha value is -3.52. The van der Waals surface area contributed by atoms with Crippen LogP contribution in [0.25, 0.3) is 23.0 Å². The van der Waals surface area contributed by atoms with Crippen LogP contribution in [0.3, 0.4) is 0 Å². The molecule has 0 aliphatic rings. The first-order chi connectivity index (χ1) is 14.5. The predicted octanol–water partition coefficient (Wildman–Crippen LogP) is 4.02. The maximum absolute atomic E-state index is 13.1. The van der Waals surface area contributed by atoms with Gasteiger partial charge in [-0.2, -0.15) is 4.98 Å². The molecule has 4 aromatic rings. The number of benzene rings is 2. The zero-order valence-corrected chi connectivity index (χ0v) is 16.7. The summed E-state index contributed by atoms with van der Waals surface area (Å²) in [5.74, 6) is 0.690. The second-order valence-electron chi connectivity index (χ2n) is 6.63. The van der Waals surface area contributed by atoms with E-state index in [-0.39, 0.29) is 30.0 Å². The van der Waals surface area contributed by atoms with Gasteiger partial charge in [-0.15, -0.1) is 0 Å². The molecule has 0 unspecified atom stereocenters. The molecule has 152 valence electrons. The molecule has 2 aromatic carbocycles. The third kappa shape index (κ3) is 4.55. The van der Waals surface area contributed by atoms with Crippen LogP contribution in [0.2, 0.25) is 5.02 Å². The number of hydrogen-bond donors (Lipinski definition) is 1. The molecule has 2 aromatic heterocycles. The lowest BCUT2D eigenvalue weighted by molar-refractivity contribution is -0.121. The minimum absolute atomic E-state index is 0.106. The summed E-state index contributed by atoms with van der Waals surface area (Å²) in [6, 6.07) is 13.0. The van der Waals surface area contributed by atoms with Crippen molar-refractivity contribution in [1.82, 2.24) is 25.0 Å². The fourth-order valence-corrected chi connectivity index (χ4v) is 2.95. The quantitative estimate of drug-likeness (QED) is 0.504. The number of aryl methyl sites for hydroxylation is 1. The first kappa shape index (κ1) is 19.8. The topological polar surface area (TPSA) is 85.8 Å². The Kier molecular flexibility index (Phi) is 5.58. The molecule has 1 amide bonds. The fourth-order valence-electron chi connectivity index (χ4n) is 2.83. The minimum atomic E-state index is -0.345. The summed E-state index contributed by atoms with van der Waals surface area (Å²) < 4.78 is 20.0. The van der Waals surface area contributed by atoms with Crippen molar-refractivity contribution >= 4 is 17.5 Å². The minimum Gasteiger partial charge on any atom is -0.350 e. The van der Waals surface area contributed by atoms with E-state index in [1.165, 1.54) is 12.1 Å². The first-order valence-electron chi connectivity index (χ1n) is 9.13. The van der Waals surface area contributed by atoms with Gasteiger partial charge in [0, 0.05) is 23.3 Å². The van der Waals surface area contributed by atoms with Crippen LogP contribution in [-0.2, 0) is 17.9 Å². The Balaban J connectivity index is 1.42. The highest BCUT2D eigenvalue weighted by atomic mass is 35.5. The van der Waals surface area contributed by atoms with E-state index in [1.807, 2.05) is 12.1 Å². The molecule has 4 rings (SSSR count). The summed E-state index contributed by atoms with van der Waals surface area (Å²) in [5, 5.41) is 7.45. The summed E-state index contributed by atoms with van der Waals surface area (Å²) in [6.45, 7) is 2.30. The number of nitrogens with one attached hydrogen (secondary N) is 1. The summed E-state index contributed by atoms with van der Waals surface area (Å²) in [5.41, 5.74) is 2.04. The van der Waals surface area contributed by atoms with Crippen LogP contribution >= 0.6 is 11.6 Å². The van der Waals surface area contributed by atoms with E-state index < -0.39 is 0 Å². The van der Waals surface area contributed by atoms with Gasteiger partial charge in [-0.3, -0.25) is 4.79 Å². The molecule has 0 bridgehead atoms. The molecule has 1 N–H and O–H groups in total. The van der Waals surface area contributed by atoms with Crippen LogP contribution in [0.5, 0.6) is 0 Å². The molecule has 0 aliphatic heterocycles. The van der Waals surface area contributed by atoms with Crippen LogP contribution in [0.15, 0.2) is 59.3 Å². The van der Waals surface area contributed by atoms with E-state index in [9.17, 15) is 9.18 Å². The molecule has 0 fully saturated rings. The number of halogens is 2. The van der Waals surface area contributed by atoms with Gasteiger partial charge >= 0.3 is 0 Å². The Bertz CT molecular complexity index is 1170. The van der Waals surface area contributed by atoms with Crippen LogP contribution in [0.1, 0.15) is 11.4 Å². The van der Waals surface area contributed by atoms with Crippen molar-refractivity contribution in [2.45, 2.75) is 20.0 Å². The number of amides is 1. The average molecular weight is 426 g/mol. The zero-order chi connectivity index (χ0) is 21.1. The Morgan fingerprint density at radius 3 is 2.60 bits per heavy atom. The maximum Gasteiger partial charge on any atom is 0.258 e. The van der Waals surface area contributed by atoms with Crippen LogP contribution in [-0.4, -0.2) is 25.6 Å². The Morgan fingerprint density at radius 1 is 1.13 bits per heavy atom. The lowest BCUT2D eigenvalue weighted by Crippen LogP contribution is -2.27. The van der Waals surface area contributed by atoms with Crippen LogP contribution < -0.4 is 5.32 Å². The van der Waals surface area contributed by atoms with Gasteiger partial charge in [0.1, 0.15) is 23.9 Å². The second kappa shape index (κ2) is 8.46. The molecule has 2 heterocycles. The summed E-state index contributed by atoms with van der Waals surface area (Å²) >= 11 is 5.86. The molecule has 7 nitrogen and oxygen atoms in total. The molecular weight excluding hydrogens is 409 g/mol. The SMILES string of the molecule is Cc1nc(-c2noc(-c3ccc(F)cc3)n2)cn1CC(=O)NCc1ccc(Cl)cc1. The van der Waals surface area contributed by atoms with E-state index in [4.69, 9.17) is 16.1 Å². The van der Waals surface area contributed by atoms with Gasteiger partial charge in [0.05, 0.1) is 0 Å². The Labute approximate surface area is 176 Å². The smallest absolute Gasteiger partial charge is 0.258 e. The third-order valence-corrected chi connectivity index (χ3v) is 4.69. The molecule has 0 aliphatic carbocycles. The predicted molar refractivity (Wildman–Crippen MR) is 109 cm³/mol. The van der Waals surface area contributed by atoms with E-state index in [2.05, 4.69) is 20.4 Å². The summed E-state index contributed by atoms with van der Waals surface area (Å²) in [6.07, 6.45) is 1.69. The maximum atomic E-state index is 13.1. The standard InChI is InChI=1S/C21H17ClFN5O2/c1-13-25-18(20-26-21(30-27-20)15-4-8-17(23)9-5-15)11-28(13)12-19(29)24-10-14-2-6-16(22)7-3-14/h2-9,11H,10,12H2,1H3,(H,24,29). The van der Waals surface area contributed by atoms with Gasteiger partial charge in [-0.1, -0.05) is 28.9 Å². The number of imidazole rings is 1. The average Bonchev–Trinajstić information content (AvgIpc) is 3.36. The van der Waals surface area contributed by atoms with Crippen molar-refractivity contribution < 1.29 is 13.7 Å². The van der Waals surface area contributed by atoms with E-state index in [0.29, 0.717) is 28.6 Å². The van der Waals surface area contributed by atoms with E-state index >= 15 is 0 Å². The third-order valence-electron chi connectivity index (χ3n) is 4.44. The van der Waals surface area contributed by atoms with Gasteiger partial charge in [0.25, 0.3) is 5.89 Å². The van der Waals surface area contributed by atoms with Crippen molar-refractivity contribution in [3.63, 3.8) is 0 Å². The van der Waals surface area contributed by atoms with E-state index in [1.54, 1.807) is 42.0 Å². The van der Waals surface area contributed by atoms with Crippen molar-refractivity contribution in [3.8, 4) is 23.0 Å². The number of rotatable bonds is 6. The van der Waals surface area contributed by atoms with Crippen LogP contribution in [0.4, 0.5) is 4.39 Å². The molecule has 9 heteroatoms. The molecule has 0 saturated heterocycles. The molecule has 0 atom stereocenters. The summed E-state index contributed by atoms with van der Waals surface area (Å²) in [7, 11) is 0. The molecular formula is C21H17ClFN5O2. The van der Waals surface area contributed by atoms with Gasteiger partial charge in [0.15, 0.2) is 0 Å². The molecule has 30 heavy (non-hydrogen) atoms. The van der Waals surface area contributed by atoms with Crippen molar-refractivity contribution in [3.05, 3.63) is 77.0 Å².